The quantitative estimate of drug-likeness (QED) is 0.243. The summed E-state index contributed by atoms with van der Waals surface area (Å²) in [7, 11) is 0. The zero-order valence-corrected chi connectivity index (χ0v) is 22.7. The zero-order chi connectivity index (χ0) is 26.9. The number of carbonyl (C=O) groups is 2. The van der Waals surface area contributed by atoms with Crippen LogP contribution in [-0.2, 0) is 21.4 Å². The number of aliphatic carboxylic acids is 1. The second-order valence-electron chi connectivity index (χ2n) is 9.68. The van der Waals surface area contributed by atoms with Crippen molar-refractivity contribution in [1.29, 1.82) is 0 Å². The molecule has 0 aliphatic heterocycles. The summed E-state index contributed by atoms with van der Waals surface area (Å²) in [5.41, 5.74) is 2.94. The van der Waals surface area contributed by atoms with Crippen molar-refractivity contribution in [3.63, 3.8) is 0 Å². The number of benzene rings is 3. The molecule has 1 aromatic heterocycles. The van der Waals surface area contributed by atoms with E-state index in [4.69, 9.17) is 39.8 Å². The molecule has 1 aliphatic rings. The van der Waals surface area contributed by atoms with Gasteiger partial charge in [0.15, 0.2) is 0 Å². The Kier molecular flexibility index (Phi) is 7.62. The van der Waals surface area contributed by atoms with Crippen LogP contribution in [0.15, 0.2) is 72.8 Å². The van der Waals surface area contributed by atoms with Gasteiger partial charge in [-0.05, 0) is 66.4 Å². The van der Waals surface area contributed by atoms with Crippen LogP contribution in [0.2, 0.25) is 15.1 Å². The van der Waals surface area contributed by atoms with Crippen molar-refractivity contribution >= 4 is 57.6 Å². The summed E-state index contributed by atoms with van der Waals surface area (Å²) in [6.07, 6.45) is 3.31. The van der Waals surface area contributed by atoms with Crippen molar-refractivity contribution in [2.45, 2.75) is 43.6 Å². The minimum atomic E-state index is -1.08. The number of halogens is 3. The highest BCUT2D eigenvalue weighted by molar-refractivity contribution is 6.39. The van der Waals surface area contributed by atoms with E-state index in [1.165, 1.54) is 0 Å². The van der Waals surface area contributed by atoms with Gasteiger partial charge in [0.25, 0.3) is 0 Å². The van der Waals surface area contributed by atoms with Gasteiger partial charge in [0.05, 0.1) is 26.7 Å². The van der Waals surface area contributed by atoms with Crippen LogP contribution in [-0.4, -0.2) is 28.0 Å². The van der Waals surface area contributed by atoms with Crippen LogP contribution >= 0.6 is 34.8 Å². The van der Waals surface area contributed by atoms with Gasteiger partial charge in [-0.2, -0.15) is 0 Å². The van der Waals surface area contributed by atoms with Crippen LogP contribution in [0, 0.1) is 0 Å². The minimum Gasteiger partial charge on any atom is -0.480 e. The van der Waals surface area contributed by atoms with E-state index in [1.54, 1.807) is 30.3 Å². The van der Waals surface area contributed by atoms with Gasteiger partial charge >= 0.3 is 5.97 Å². The van der Waals surface area contributed by atoms with Crippen molar-refractivity contribution < 1.29 is 14.7 Å². The van der Waals surface area contributed by atoms with Crippen LogP contribution in [0.5, 0.6) is 0 Å². The summed E-state index contributed by atoms with van der Waals surface area (Å²) in [6, 6.07) is 20.8. The predicted molar refractivity (Wildman–Crippen MR) is 152 cm³/mol. The molecule has 1 aliphatic carbocycles. The maximum Gasteiger partial charge on any atom is 0.326 e. The van der Waals surface area contributed by atoms with Gasteiger partial charge in [0.2, 0.25) is 5.91 Å². The second kappa shape index (κ2) is 10.9. The fourth-order valence-electron chi connectivity index (χ4n) is 5.31. The maximum absolute atomic E-state index is 13.6. The first-order valence-corrected chi connectivity index (χ1v) is 13.5. The molecule has 4 aromatic rings. The largest absolute Gasteiger partial charge is 0.480 e. The topological polar surface area (TPSA) is 79.3 Å². The lowest BCUT2D eigenvalue weighted by Gasteiger charge is -2.30. The molecule has 2 N–H and O–H groups in total. The molecule has 5 rings (SSSR count). The molecule has 0 bridgehead atoms. The molecule has 38 heavy (non-hydrogen) atoms. The summed E-state index contributed by atoms with van der Waals surface area (Å²) >= 11 is 18.8. The van der Waals surface area contributed by atoms with Crippen molar-refractivity contribution in [2.24, 2.45) is 0 Å². The lowest BCUT2D eigenvalue weighted by atomic mass is 9.77. The number of rotatable bonds is 7. The Morgan fingerprint density at radius 3 is 2.26 bits per heavy atom. The summed E-state index contributed by atoms with van der Waals surface area (Å²) in [4.78, 5) is 30.5. The molecule has 3 aromatic carbocycles. The van der Waals surface area contributed by atoms with E-state index in [9.17, 15) is 14.7 Å². The Bertz CT molecular complexity index is 1500. The molecular weight excluding hydrogens is 543 g/mol. The monoisotopic (exact) mass is 566 g/mol. The summed E-state index contributed by atoms with van der Waals surface area (Å²) < 4.78 is 0. The molecule has 8 heteroatoms. The van der Waals surface area contributed by atoms with E-state index in [-0.39, 0.29) is 12.3 Å². The lowest BCUT2D eigenvalue weighted by Crippen LogP contribution is -2.50. The first kappa shape index (κ1) is 26.5. The van der Waals surface area contributed by atoms with Crippen LogP contribution in [0.25, 0.3) is 22.2 Å². The number of fused-ring (bicyclic) bond motifs is 1. The standard InChI is InChI=1S/C30H25Cl3N2O3/c31-21-10-8-20(9-11-21)30(14-1-2-15-30)29(38)35-26(28(36)37)17-18-6-12-24-19(16-18)7-13-25(34-24)27-22(32)4-3-5-23(27)33/h3-13,16,26H,1-2,14-15,17H2,(H,35,38)(H,36,37)/t26-/m1/s1. The van der Waals surface area contributed by atoms with E-state index in [0.29, 0.717) is 39.2 Å². The summed E-state index contributed by atoms with van der Waals surface area (Å²) in [5.74, 6) is -1.34. The van der Waals surface area contributed by atoms with Gasteiger partial charge in [-0.25, -0.2) is 9.78 Å². The van der Waals surface area contributed by atoms with Gasteiger partial charge in [-0.15, -0.1) is 0 Å². The van der Waals surface area contributed by atoms with Gasteiger partial charge in [-0.1, -0.05) is 78.0 Å². The number of carboxylic acids is 1. The smallest absolute Gasteiger partial charge is 0.326 e. The van der Waals surface area contributed by atoms with Crippen LogP contribution in [0.4, 0.5) is 0 Å². The average molecular weight is 568 g/mol. The van der Waals surface area contributed by atoms with E-state index in [2.05, 4.69) is 5.32 Å². The third kappa shape index (κ3) is 5.24. The second-order valence-corrected chi connectivity index (χ2v) is 10.9. The fourth-order valence-corrected chi connectivity index (χ4v) is 6.03. The number of carbonyl (C=O) groups excluding carboxylic acids is 1. The molecule has 5 nitrogen and oxygen atoms in total. The number of nitrogens with zero attached hydrogens (tertiary/aromatic N) is 1. The first-order valence-electron chi connectivity index (χ1n) is 12.4. The van der Waals surface area contributed by atoms with E-state index in [1.807, 2.05) is 42.5 Å². The number of hydrogen-bond donors (Lipinski definition) is 2. The Morgan fingerprint density at radius 2 is 1.61 bits per heavy atom. The number of nitrogens with one attached hydrogen (secondary N) is 1. The predicted octanol–water partition coefficient (Wildman–Crippen LogP) is 7.49. The minimum absolute atomic E-state index is 0.145. The van der Waals surface area contributed by atoms with Crippen LogP contribution < -0.4 is 5.32 Å². The Hall–Kier alpha value is -3.12. The number of amides is 1. The van der Waals surface area contributed by atoms with Crippen molar-refractivity contribution in [1.82, 2.24) is 10.3 Å². The maximum atomic E-state index is 13.6. The molecule has 1 heterocycles. The van der Waals surface area contributed by atoms with Gasteiger partial charge in [-0.3, -0.25) is 4.79 Å². The Labute approximate surface area is 235 Å². The molecule has 1 atom stereocenters. The summed E-state index contributed by atoms with van der Waals surface area (Å²) in [6.45, 7) is 0. The van der Waals surface area contributed by atoms with Crippen molar-refractivity contribution in [3.8, 4) is 11.3 Å². The Morgan fingerprint density at radius 1 is 0.921 bits per heavy atom. The van der Waals surface area contributed by atoms with E-state index in [0.717, 1.165) is 34.9 Å². The molecule has 0 radical (unpaired) electrons. The highest BCUT2D eigenvalue weighted by atomic mass is 35.5. The molecule has 194 valence electrons. The lowest BCUT2D eigenvalue weighted by molar-refractivity contribution is -0.142. The van der Waals surface area contributed by atoms with Crippen LogP contribution in [0.3, 0.4) is 0 Å². The highest BCUT2D eigenvalue weighted by Crippen LogP contribution is 2.42. The van der Waals surface area contributed by atoms with Gasteiger partial charge in [0, 0.05) is 22.4 Å². The third-order valence-electron chi connectivity index (χ3n) is 7.30. The SMILES string of the molecule is O=C(O)[C@@H](Cc1ccc2nc(-c3c(Cl)cccc3Cl)ccc2c1)NC(=O)C1(c2ccc(Cl)cc2)CCCC1. The number of hydrogen-bond acceptors (Lipinski definition) is 3. The van der Waals surface area contributed by atoms with Gasteiger partial charge in [0.1, 0.15) is 6.04 Å². The normalized spacial score (nSPS) is 15.3. The molecule has 0 spiro atoms. The molecule has 1 fully saturated rings. The van der Waals surface area contributed by atoms with Gasteiger partial charge < -0.3 is 10.4 Å². The van der Waals surface area contributed by atoms with E-state index < -0.39 is 17.4 Å². The van der Waals surface area contributed by atoms with Crippen molar-refractivity contribution in [2.75, 3.05) is 0 Å². The summed E-state index contributed by atoms with van der Waals surface area (Å²) in [5, 5.41) is 15.3. The highest BCUT2D eigenvalue weighted by Gasteiger charge is 2.43. The molecule has 1 amide bonds. The zero-order valence-electron chi connectivity index (χ0n) is 20.4. The Balaban J connectivity index is 1.38. The number of pyridine rings is 1. The molecule has 1 saturated carbocycles. The van der Waals surface area contributed by atoms with E-state index >= 15 is 0 Å². The van der Waals surface area contributed by atoms with Crippen molar-refractivity contribution in [3.05, 3.63) is 99.0 Å². The first-order chi connectivity index (χ1) is 18.3. The number of aromatic nitrogens is 1. The molecule has 0 unspecified atom stereocenters. The van der Waals surface area contributed by atoms with Crippen LogP contribution in [0.1, 0.15) is 36.8 Å². The molecule has 0 saturated heterocycles. The number of carboxylic acid groups (broad SMARTS) is 1. The fraction of sp³-hybridized carbons (Fsp3) is 0.233. The third-order valence-corrected chi connectivity index (χ3v) is 8.19. The average Bonchev–Trinajstić information content (AvgIpc) is 3.40. The molecular formula is C30H25Cl3N2O3.